The van der Waals surface area contributed by atoms with Gasteiger partial charge in [-0.15, -0.1) is 0 Å². The van der Waals surface area contributed by atoms with Gasteiger partial charge < -0.3 is 14.7 Å². The molecule has 3 rings (SSSR count). The lowest BCUT2D eigenvalue weighted by molar-refractivity contribution is -0.192. The number of carbonyl (C=O) groups is 2. The summed E-state index contributed by atoms with van der Waals surface area (Å²) in [6.45, 7) is 12.6. The van der Waals surface area contributed by atoms with E-state index in [2.05, 4.69) is 18.5 Å². The zero-order valence-corrected chi connectivity index (χ0v) is 18.8. The maximum absolute atomic E-state index is 12.3. The molecule has 2 heterocycles. The molecule has 1 amide bonds. The molecule has 0 saturated carbocycles. The molecule has 0 aromatic carbocycles. The maximum Gasteiger partial charge on any atom is 0.490 e. The van der Waals surface area contributed by atoms with Gasteiger partial charge in [-0.25, -0.2) is 9.59 Å². The number of carboxylic acid groups (broad SMARTS) is 1. The van der Waals surface area contributed by atoms with Crippen molar-refractivity contribution in [2.75, 3.05) is 13.1 Å². The van der Waals surface area contributed by atoms with Crippen molar-refractivity contribution in [3.05, 3.63) is 17.0 Å². The third kappa shape index (κ3) is 5.71. The van der Waals surface area contributed by atoms with E-state index in [1.54, 1.807) is 0 Å². The van der Waals surface area contributed by atoms with Crippen molar-refractivity contribution in [2.45, 2.75) is 90.5 Å². The number of amides is 1. The van der Waals surface area contributed by atoms with E-state index < -0.39 is 17.7 Å². The van der Waals surface area contributed by atoms with E-state index in [0.29, 0.717) is 0 Å². The number of aliphatic carboxylic acids is 1. The zero-order chi connectivity index (χ0) is 23.6. The van der Waals surface area contributed by atoms with Gasteiger partial charge in [0.2, 0.25) is 0 Å². The maximum atomic E-state index is 12.3. The molecular weight excluding hydrogens is 415 g/mol. The molecule has 1 aliphatic carbocycles. The summed E-state index contributed by atoms with van der Waals surface area (Å²) >= 11 is 0. The highest BCUT2D eigenvalue weighted by molar-refractivity contribution is 5.73. The highest BCUT2D eigenvalue weighted by atomic mass is 19.4. The standard InChI is InChI=1S/C19H31N3O2.C2HF3O2/c1-6-15-14-8-9-19(16(14)20-22(15)7-2)10-12-21(13-11-19)17(23)24-18(3,4)5;3-2(4,5)1(6)7/h6-13H2,1-5H3;(H,6,7). The van der Waals surface area contributed by atoms with Crippen LogP contribution in [0, 0.1) is 0 Å². The van der Waals surface area contributed by atoms with Gasteiger partial charge in [0.1, 0.15) is 5.60 Å². The average Bonchev–Trinajstić information content (AvgIpc) is 3.18. The minimum absolute atomic E-state index is 0.177. The van der Waals surface area contributed by atoms with E-state index in [1.165, 1.54) is 23.4 Å². The number of halogens is 3. The van der Waals surface area contributed by atoms with Gasteiger partial charge in [-0.05, 0) is 65.4 Å². The summed E-state index contributed by atoms with van der Waals surface area (Å²) in [6.07, 6.45) is 0.126. The minimum atomic E-state index is -5.08. The second kappa shape index (κ2) is 9.08. The fraction of sp³-hybridized carbons (Fsp3) is 0.762. The Morgan fingerprint density at radius 3 is 2.10 bits per heavy atom. The first-order valence-corrected chi connectivity index (χ1v) is 10.6. The van der Waals surface area contributed by atoms with Gasteiger partial charge in [-0.2, -0.15) is 18.3 Å². The Morgan fingerprint density at radius 1 is 1.13 bits per heavy atom. The topological polar surface area (TPSA) is 84.7 Å². The number of alkyl halides is 3. The van der Waals surface area contributed by atoms with E-state index >= 15 is 0 Å². The van der Waals surface area contributed by atoms with E-state index in [0.717, 1.165) is 45.3 Å². The number of hydrogen-bond acceptors (Lipinski definition) is 4. The second-order valence-electron chi connectivity index (χ2n) is 8.99. The van der Waals surface area contributed by atoms with Crippen molar-refractivity contribution < 1.29 is 32.6 Å². The van der Waals surface area contributed by atoms with Crippen molar-refractivity contribution >= 4 is 12.1 Å². The Kier molecular flexibility index (Phi) is 7.32. The van der Waals surface area contributed by atoms with Crippen LogP contribution in [0.15, 0.2) is 0 Å². The van der Waals surface area contributed by atoms with Crippen LogP contribution in [-0.4, -0.2) is 56.7 Å². The van der Waals surface area contributed by atoms with Gasteiger partial charge in [0.15, 0.2) is 0 Å². The van der Waals surface area contributed by atoms with Crippen molar-refractivity contribution in [3.63, 3.8) is 0 Å². The van der Waals surface area contributed by atoms with Crippen LogP contribution in [0.1, 0.15) is 70.8 Å². The normalized spacial score (nSPS) is 17.7. The molecule has 0 bridgehead atoms. The monoisotopic (exact) mass is 447 g/mol. The Morgan fingerprint density at radius 2 is 1.68 bits per heavy atom. The molecule has 1 fully saturated rings. The third-order valence-corrected chi connectivity index (χ3v) is 5.77. The number of aryl methyl sites for hydroxylation is 1. The Hall–Kier alpha value is -2.26. The van der Waals surface area contributed by atoms with E-state index in [4.69, 9.17) is 19.7 Å². The molecule has 1 aliphatic heterocycles. The summed E-state index contributed by atoms with van der Waals surface area (Å²) in [4.78, 5) is 23.1. The van der Waals surface area contributed by atoms with Crippen molar-refractivity contribution in [3.8, 4) is 0 Å². The number of likely N-dealkylation sites (tertiary alicyclic amines) is 1. The number of nitrogens with zero attached hydrogens (tertiary/aromatic N) is 3. The summed E-state index contributed by atoms with van der Waals surface area (Å²) in [5.74, 6) is -2.76. The predicted octanol–water partition coefficient (Wildman–Crippen LogP) is 4.31. The molecule has 1 aromatic heterocycles. The fourth-order valence-corrected chi connectivity index (χ4v) is 4.29. The van der Waals surface area contributed by atoms with E-state index in [1.807, 2.05) is 25.7 Å². The zero-order valence-electron chi connectivity index (χ0n) is 18.8. The van der Waals surface area contributed by atoms with Crippen LogP contribution in [0.4, 0.5) is 18.0 Å². The largest absolute Gasteiger partial charge is 0.490 e. The lowest BCUT2D eigenvalue weighted by atomic mass is 9.76. The highest BCUT2D eigenvalue weighted by Crippen LogP contribution is 2.46. The number of aromatic nitrogens is 2. The highest BCUT2D eigenvalue weighted by Gasteiger charge is 2.45. The fourth-order valence-electron chi connectivity index (χ4n) is 4.29. The second-order valence-corrected chi connectivity index (χ2v) is 8.99. The molecular formula is C21H32F3N3O4. The van der Waals surface area contributed by atoms with E-state index in [9.17, 15) is 18.0 Å². The van der Waals surface area contributed by atoms with Gasteiger partial charge in [0, 0.05) is 30.7 Å². The summed E-state index contributed by atoms with van der Waals surface area (Å²) in [6, 6.07) is 0. The molecule has 0 unspecified atom stereocenters. The van der Waals surface area contributed by atoms with Crippen LogP contribution < -0.4 is 0 Å². The summed E-state index contributed by atoms with van der Waals surface area (Å²) < 4.78 is 39.4. The SMILES string of the molecule is CCc1c2c(nn1CC)C1(CC2)CCN(C(=O)OC(C)(C)C)CC1.O=C(O)C(F)(F)F. The van der Waals surface area contributed by atoms with Gasteiger partial charge in [0.05, 0.1) is 5.69 Å². The molecule has 1 saturated heterocycles. The van der Waals surface area contributed by atoms with Gasteiger partial charge in [-0.3, -0.25) is 4.68 Å². The first-order chi connectivity index (χ1) is 14.2. The Balaban J connectivity index is 0.000000423. The number of rotatable bonds is 2. The first kappa shape index (κ1) is 25.0. The molecule has 1 N–H and O–H groups in total. The number of carbonyl (C=O) groups excluding carboxylic acids is 1. The first-order valence-electron chi connectivity index (χ1n) is 10.6. The Labute approximate surface area is 180 Å². The quantitative estimate of drug-likeness (QED) is 0.730. The number of ether oxygens (including phenoxy) is 1. The van der Waals surface area contributed by atoms with Gasteiger partial charge in [-0.1, -0.05) is 6.92 Å². The minimum Gasteiger partial charge on any atom is -0.475 e. The molecule has 0 atom stereocenters. The van der Waals surface area contributed by atoms with Crippen LogP contribution in [0.5, 0.6) is 0 Å². The molecule has 31 heavy (non-hydrogen) atoms. The number of carboxylic acids is 1. The van der Waals surface area contributed by atoms with Gasteiger partial charge >= 0.3 is 18.2 Å². The molecule has 176 valence electrons. The third-order valence-electron chi connectivity index (χ3n) is 5.77. The average molecular weight is 447 g/mol. The number of piperidine rings is 1. The summed E-state index contributed by atoms with van der Waals surface area (Å²) in [5, 5.41) is 12.1. The van der Waals surface area contributed by atoms with Crippen molar-refractivity contribution in [1.82, 2.24) is 14.7 Å². The molecule has 2 aliphatic rings. The van der Waals surface area contributed by atoms with Crippen LogP contribution in [0.25, 0.3) is 0 Å². The number of hydrogen-bond donors (Lipinski definition) is 1. The van der Waals surface area contributed by atoms with Gasteiger partial charge in [0.25, 0.3) is 0 Å². The summed E-state index contributed by atoms with van der Waals surface area (Å²) in [7, 11) is 0. The molecule has 1 aromatic rings. The number of fused-ring (bicyclic) bond motifs is 2. The molecule has 1 spiro atoms. The van der Waals surface area contributed by atoms with Crippen LogP contribution in [0.2, 0.25) is 0 Å². The molecule has 7 nitrogen and oxygen atoms in total. The lowest BCUT2D eigenvalue weighted by Gasteiger charge is -2.39. The van der Waals surface area contributed by atoms with Crippen LogP contribution >= 0.6 is 0 Å². The van der Waals surface area contributed by atoms with Crippen molar-refractivity contribution in [1.29, 1.82) is 0 Å². The molecule has 10 heteroatoms. The van der Waals surface area contributed by atoms with Crippen LogP contribution in [-0.2, 0) is 34.3 Å². The predicted molar refractivity (Wildman–Crippen MR) is 108 cm³/mol. The smallest absolute Gasteiger partial charge is 0.475 e. The lowest BCUT2D eigenvalue weighted by Crippen LogP contribution is -2.46. The Bertz CT molecular complexity index is 804. The van der Waals surface area contributed by atoms with Crippen molar-refractivity contribution in [2.24, 2.45) is 0 Å². The van der Waals surface area contributed by atoms with E-state index in [-0.39, 0.29) is 11.5 Å². The van der Waals surface area contributed by atoms with Crippen LogP contribution in [0.3, 0.4) is 0 Å². The summed E-state index contributed by atoms with van der Waals surface area (Å²) in [5.41, 5.74) is 3.98. The molecule has 0 radical (unpaired) electrons.